The van der Waals surface area contributed by atoms with Crippen molar-refractivity contribution in [3.8, 4) is 0 Å². The summed E-state index contributed by atoms with van der Waals surface area (Å²) in [5.74, 6) is -0.455. The minimum absolute atomic E-state index is 0.130. The van der Waals surface area contributed by atoms with E-state index in [0.717, 1.165) is 11.3 Å². The molecule has 0 aliphatic rings. The number of carbonyl (C=O) groups excluding carboxylic acids is 2. The van der Waals surface area contributed by atoms with Gasteiger partial charge in [-0.15, -0.1) is 0 Å². The fourth-order valence-electron chi connectivity index (χ4n) is 2.79. The Morgan fingerprint density at radius 3 is 2.45 bits per heavy atom. The Morgan fingerprint density at radius 2 is 1.81 bits per heavy atom. The molecule has 0 unspecified atom stereocenters. The molecule has 31 heavy (non-hydrogen) atoms. The Morgan fingerprint density at radius 1 is 1.10 bits per heavy atom. The number of esters is 1. The first-order valence-corrected chi connectivity index (χ1v) is 10.0. The van der Waals surface area contributed by atoms with Crippen LogP contribution >= 0.6 is 0 Å². The van der Waals surface area contributed by atoms with E-state index in [2.05, 4.69) is 20.6 Å². The van der Waals surface area contributed by atoms with Gasteiger partial charge < -0.3 is 10.1 Å². The first-order chi connectivity index (χ1) is 14.7. The van der Waals surface area contributed by atoms with Gasteiger partial charge in [-0.3, -0.25) is 19.9 Å². The molecule has 1 heterocycles. The largest absolute Gasteiger partial charge is 0.462 e. The fourth-order valence-corrected chi connectivity index (χ4v) is 2.79. The average Bonchev–Trinajstić information content (AvgIpc) is 2.72. The van der Waals surface area contributed by atoms with Crippen molar-refractivity contribution in [3.05, 3.63) is 63.9 Å². The van der Waals surface area contributed by atoms with Crippen molar-refractivity contribution in [1.82, 2.24) is 9.97 Å². The number of benzene rings is 2. The molecule has 3 N–H and O–H groups in total. The summed E-state index contributed by atoms with van der Waals surface area (Å²) in [7, 11) is 0. The number of fused-ring (bicyclic) bond motifs is 1. The normalized spacial score (nSPS) is 11.2. The van der Waals surface area contributed by atoms with Crippen molar-refractivity contribution in [2.24, 2.45) is 5.41 Å². The van der Waals surface area contributed by atoms with Gasteiger partial charge in [0.2, 0.25) is 11.9 Å². The van der Waals surface area contributed by atoms with E-state index in [1.54, 1.807) is 64.1 Å². The highest BCUT2D eigenvalue weighted by molar-refractivity contribution is 5.93. The number of aromatic amines is 1. The van der Waals surface area contributed by atoms with Crippen molar-refractivity contribution in [2.75, 3.05) is 17.2 Å². The summed E-state index contributed by atoms with van der Waals surface area (Å²) in [6, 6.07) is 12.4. The van der Waals surface area contributed by atoms with Gasteiger partial charge in [0.1, 0.15) is 0 Å². The molecule has 1 amide bonds. The highest BCUT2D eigenvalue weighted by Gasteiger charge is 2.22. The lowest BCUT2D eigenvalue weighted by molar-refractivity contribution is -0.123. The first-order valence-electron chi connectivity index (χ1n) is 10.0. The van der Waals surface area contributed by atoms with Crippen LogP contribution in [0.3, 0.4) is 0 Å². The van der Waals surface area contributed by atoms with Crippen LogP contribution in [0.25, 0.3) is 10.9 Å². The third-order valence-corrected chi connectivity index (χ3v) is 4.58. The van der Waals surface area contributed by atoms with Crippen LogP contribution in [-0.4, -0.2) is 28.5 Å². The van der Waals surface area contributed by atoms with Crippen molar-refractivity contribution < 1.29 is 14.3 Å². The van der Waals surface area contributed by atoms with Crippen LogP contribution in [0, 0.1) is 5.41 Å². The lowest BCUT2D eigenvalue weighted by Crippen LogP contribution is -2.29. The molecular formula is C23H26N4O4. The Balaban J connectivity index is 1.72. The second-order valence-corrected chi connectivity index (χ2v) is 8.12. The van der Waals surface area contributed by atoms with Gasteiger partial charge in [-0.05, 0) is 48.9 Å². The highest BCUT2D eigenvalue weighted by atomic mass is 16.5. The maximum absolute atomic E-state index is 12.5. The average molecular weight is 422 g/mol. The molecule has 0 spiro atoms. The van der Waals surface area contributed by atoms with Gasteiger partial charge in [-0.25, -0.2) is 9.78 Å². The molecule has 0 radical (unpaired) electrons. The van der Waals surface area contributed by atoms with Crippen LogP contribution in [0.5, 0.6) is 0 Å². The summed E-state index contributed by atoms with van der Waals surface area (Å²) < 4.78 is 4.97. The quantitative estimate of drug-likeness (QED) is 0.522. The lowest BCUT2D eigenvalue weighted by Gasteiger charge is -2.17. The van der Waals surface area contributed by atoms with Gasteiger partial charge in [0.05, 0.1) is 23.1 Å². The Hall–Kier alpha value is -3.68. The zero-order chi connectivity index (χ0) is 22.6. The zero-order valence-corrected chi connectivity index (χ0v) is 18.0. The number of ether oxygens (including phenoxy) is 1. The molecule has 0 aliphatic heterocycles. The number of anilines is 2. The third-order valence-electron chi connectivity index (χ3n) is 4.58. The molecule has 0 saturated carbocycles. The predicted molar refractivity (Wildman–Crippen MR) is 120 cm³/mol. The summed E-state index contributed by atoms with van der Waals surface area (Å²) >= 11 is 0. The predicted octanol–water partition coefficient (Wildman–Crippen LogP) is 3.70. The van der Waals surface area contributed by atoms with Crippen molar-refractivity contribution >= 4 is 34.4 Å². The third kappa shape index (κ3) is 5.48. The first kappa shape index (κ1) is 22.0. The number of nitrogens with zero attached hydrogens (tertiary/aromatic N) is 1. The van der Waals surface area contributed by atoms with Crippen LogP contribution < -0.4 is 16.2 Å². The number of hydrogen-bond acceptors (Lipinski definition) is 6. The number of amides is 1. The van der Waals surface area contributed by atoms with Crippen molar-refractivity contribution in [3.63, 3.8) is 0 Å². The molecule has 2 aromatic carbocycles. The van der Waals surface area contributed by atoms with Crippen LogP contribution in [0.4, 0.5) is 11.6 Å². The van der Waals surface area contributed by atoms with E-state index in [9.17, 15) is 14.4 Å². The maximum atomic E-state index is 12.5. The van der Waals surface area contributed by atoms with E-state index in [4.69, 9.17) is 4.74 Å². The summed E-state index contributed by atoms with van der Waals surface area (Å²) in [5, 5.41) is 6.34. The highest BCUT2D eigenvalue weighted by Crippen LogP contribution is 2.18. The molecule has 0 aliphatic carbocycles. The van der Waals surface area contributed by atoms with E-state index in [1.807, 2.05) is 6.07 Å². The van der Waals surface area contributed by atoms with Gasteiger partial charge in [0.25, 0.3) is 5.56 Å². The minimum Gasteiger partial charge on any atom is -0.462 e. The number of H-pyrrole nitrogens is 1. The summed E-state index contributed by atoms with van der Waals surface area (Å²) in [4.78, 5) is 43.3. The molecule has 0 atom stereocenters. The van der Waals surface area contributed by atoms with E-state index in [0.29, 0.717) is 29.6 Å². The van der Waals surface area contributed by atoms with E-state index in [-0.39, 0.29) is 23.4 Å². The minimum atomic E-state index is -0.600. The van der Waals surface area contributed by atoms with E-state index in [1.165, 1.54) is 0 Å². The Labute approximate surface area is 180 Å². The monoisotopic (exact) mass is 422 g/mol. The number of nitrogens with one attached hydrogen (secondary N) is 3. The number of aromatic nitrogens is 2. The van der Waals surface area contributed by atoms with Crippen molar-refractivity contribution in [1.29, 1.82) is 0 Å². The Kier molecular flexibility index (Phi) is 6.39. The molecule has 0 fully saturated rings. The summed E-state index contributed by atoms with van der Waals surface area (Å²) in [5.41, 5.74) is 1.79. The van der Waals surface area contributed by atoms with Gasteiger partial charge >= 0.3 is 5.97 Å². The van der Waals surface area contributed by atoms with E-state index >= 15 is 0 Å². The SMILES string of the molecule is CCOC(=O)c1ccc(NCc2ccc3nc(NC(=O)C(C)(C)C)[nH]c(=O)c3c2)cc1. The topological polar surface area (TPSA) is 113 Å². The summed E-state index contributed by atoms with van der Waals surface area (Å²) in [6.45, 7) is 7.93. The molecule has 1 aromatic heterocycles. The molecular weight excluding hydrogens is 396 g/mol. The molecule has 162 valence electrons. The second-order valence-electron chi connectivity index (χ2n) is 8.12. The van der Waals surface area contributed by atoms with Crippen LogP contribution in [0.15, 0.2) is 47.3 Å². The summed E-state index contributed by atoms with van der Waals surface area (Å²) in [6.07, 6.45) is 0. The molecule has 8 nitrogen and oxygen atoms in total. The van der Waals surface area contributed by atoms with Crippen LogP contribution in [0.1, 0.15) is 43.6 Å². The molecule has 3 rings (SSSR count). The van der Waals surface area contributed by atoms with Gasteiger partial charge in [-0.1, -0.05) is 26.8 Å². The second kappa shape index (κ2) is 8.99. The molecule has 3 aromatic rings. The molecule has 0 bridgehead atoms. The number of rotatable bonds is 6. The molecule has 8 heteroatoms. The van der Waals surface area contributed by atoms with Crippen LogP contribution in [-0.2, 0) is 16.1 Å². The Bertz CT molecular complexity index is 1160. The molecule has 0 saturated heterocycles. The standard InChI is InChI=1S/C23H26N4O4/c1-5-31-20(29)15-7-9-16(10-8-15)24-13-14-6-11-18-17(12-14)19(28)26-22(25-18)27-21(30)23(2,3)4/h6-12,24H,5,13H2,1-4H3,(H2,25,26,27,28,30). The van der Waals surface area contributed by atoms with Crippen molar-refractivity contribution in [2.45, 2.75) is 34.2 Å². The fraction of sp³-hybridized carbons (Fsp3) is 0.304. The zero-order valence-electron chi connectivity index (χ0n) is 18.0. The van der Waals surface area contributed by atoms with E-state index < -0.39 is 5.41 Å². The number of carbonyl (C=O) groups is 2. The lowest BCUT2D eigenvalue weighted by atomic mass is 9.96. The van der Waals surface area contributed by atoms with Gasteiger partial charge in [-0.2, -0.15) is 0 Å². The van der Waals surface area contributed by atoms with Gasteiger partial charge in [0.15, 0.2) is 0 Å². The maximum Gasteiger partial charge on any atom is 0.338 e. The number of hydrogen-bond donors (Lipinski definition) is 3. The van der Waals surface area contributed by atoms with Crippen LogP contribution in [0.2, 0.25) is 0 Å². The van der Waals surface area contributed by atoms with Gasteiger partial charge in [0, 0.05) is 17.6 Å². The smallest absolute Gasteiger partial charge is 0.338 e.